The number of nitrogens with zero attached hydrogens (tertiary/aromatic N) is 2. The van der Waals surface area contributed by atoms with Crippen LogP contribution in [0, 0.1) is 0 Å². The topological polar surface area (TPSA) is 69.7 Å². The number of carbonyl (C=O) groups excluding carboxylic acids is 3. The lowest BCUT2D eigenvalue weighted by Gasteiger charge is -2.39. The molecule has 0 radical (unpaired) electrons. The summed E-state index contributed by atoms with van der Waals surface area (Å²) in [5, 5.41) is 2.84. The largest absolute Gasteiger partial charge is 0.471 e. The van der Waals surface area contributed by atoms with E-state index in [-0.39, 0.29) is 36.9 Å². The Labute approximate surface area is 209 Å². The molecule has 0 bridgehead atoms. The van der Waals surface area contributed by atoms with E-state index in [0.29, 0.717) is 18.7 Å². The third kappa shape index (κ3) is 6.65. The Morgan fingerprint density at radius 3 is 2.22 bits per heavy atom. The molecule has 3 rings (SSSR count). The van der Waals surface area contributed by atoms with Crippen molar-refractivity contribution in [3.05, 3.63) is 71.3 Å². The van der Waals surface area contributed by atoms with Crippen molar-refractivity contribution in [1.29, 1.82) is 0 Å². The van der Waals surface area contributed by atoms with Crippen molar-refractivity contribution in [2.45, 2.75) is 51.2 Å². The maximum Gasteiger partial charge on any atom is 0.471 e. The fraction of sp³-hybridized carbons (Fsp3) is 0.444. The highest BCUT2D eigenvalue weighted by molar-refractivity contribution is 5.99. The quantitative estimate of drug-likeness (QED) is 0.571. The molecule has 0 aromatic heterocycles. The van der Waals surface area contributed by atoms with Gasteiger partial charge in [0, 0.05) is 43.2 Å². The Bertz CT molecular complexity index is 1050. The van der Waals surface area contributed by atoms with Crippen LogP contribution in [0.25, 0.3) is 0 Å². The van der Waals surface area contributed by atoms with Gasteiger partial charge in [0.15, 0.2) is 0 Å². The lowest BCUT2D eigenvalue weighted by molar-refractivity contribution is -0.186. The smallest absolute Gasteiger partial charge is 0.347 e. The second kappa shape index (κ2) is 12.1. The number of amides is 3. The molecule has 0 unspecified atom stereocenters. The highest BCUT2D eigenvalue weighted by Crippen LogP contribution is 2.31. The van der Waals surface area contributed by atoms with E-state index in [0.717, 1.165) is 23.3 Å². The van der Waals surface area contributed by atoms with E-state index in [2.05, 4.69) is 5.32 Å². The minimum absolute atomic E-state index is 0.0566. The molecule has 1 saturated heterocycles. The molecule has 2 atom stereocenters. The van der Waals surface area contributed by atoms with Gasteiger partial charge in [0.25, 0.3) is 11.8 Å². The second-order valence-electron chi connectivity index (χ2n) is 9.01. The molecule has 9 heteroatoms. The van der Waals surface area contributed by atoms with Gasteiger partial charge in [0.1, 0.15) is 0 Å². The molecule has 1 aliphatic heterocycles. The van der Waals surface area contributed by atoms with Crippen LogP contribution in [-0.2, 0) is 4.79 Å². The molecule has 2 aromatic carbocycles. The molecule has 1 heterocycles. The Hall–Kier alpha value is -3.36. The molecule has 0 spiro atoms. The maximum atomic E-state index is 13.2. The van der Waals surface area contributed by atoms with Gasteiger partial charge in [-0.1, -0.05) is 50.2 Å². The number of nitrogens with one attached hydrogen (secondary N) is 1. The first-order valence-electron chi connectivity index (χ1n) is 12.3. The van der Waals surface area contributed by atoms with Gasteiger partial charge in [0.05, 0.1) is 6.04 Å². The van der Waals surface area contributed by atoms with Crippen molar-refractivity contribution in [2.75, 3.05) is 26.2 Å². The molecular formula is C27H32F3N3O3. The third-order valence-electron chi connectivity index (χ3n) is 6.33. The van der Waals surface area contributed by atoms with E-state index in [9.17, 15) is 27.6 Å². The van der Waals surface area contributed by atoms with Crippen molar-refractivity contribution < 1.29 is 27.6 Å². The van der Waals surface area contributed by atoms with Gasteiger partial charge in [-0.3, -0.25) is 14.4 Å². The number of piperidine rings is 1. The number of likely N-dealkylation sites (tertiary alicyclic amines) is 1. The van der Waals surface area contributed by atoms with Crippen molar-refractivity contribution in [3.63, 3.8) is 0 Å². The van der Waals surface area contributed by atoms with Crippen LogP contribution in [0.5, 0.6) is 0 Å². The van der Waals surface area contributed by atoms with Gasteiger partial charge in [0.2, 0.25) is 0 Å². The number of hydrogen-bond donors (Lipinski definition) is 1. The predicted molar refractivity (Wildman–Crippen MR) is 131 cm³/mol. The van der Waals surface area contributed by atoms with Crippen molar-refractivity contribution >= 4 is 17.7 Å². The lowest BCUT2D eigenvalue weighted by atomic mass is 9.85. The van der Waals surface area contributed by atoms with Crippen molar-refractivity contribution in [2.24, 2.45) is 0 Å². The van der Waals surface area contributed by atoms with E-state index in [1.807, 2.05) is 44.2 Å². The minimum atomic E-state index is -4.98. The van der Waals surface area contributed by atoms with Gasteiger partial charge in [-0.05, 0) is 43.0 Å². The van der Waals surface area contributed by atoms with Crippen molar-refractivity contribution in [1.82, 2.24) is 15.1 Å². The predicted octanol–water partition coefficient (Wildman–Crippen LogP) is 4.63. The summed E-state index contributed by atoms with van der Waals surface area (Å²) >= 11 is 0. The lowest BCUT2D eigenvalue weighted by Crippen LogP contribution is -2.55. The maximum absolute atomic E-state index is 13.2. The molecule has 1 fully saturated rings. The molecule has 3 amide bonds. The summed E-state index contributed by atoms with van der Waals surface area (Å²) in [5.41, 5.74) is 1.49. The van der Waals surface area contributed by atoms with E-state index < -0.39 is 24.0 Å². The van der Waals surface area contributed by atoms with E-state index in [4.69, 9.17) is 0 Å². The summed E-state index contributed by atoms with van der Waals surface area (Å²) < 4.78 is 39.3. The Morgan fingerprint density at radius 2 is 1.61 bits per heavy atom. The van der Waals surface area contributed by atoms with Gasteiger partial charge in [-0.25, -0.2) is 0 Å². The second-order valence-corrected chi connectivity index (χ2v) is 9.01. The van der Waals surface area contributed by atoms with Crippen molar-refractivity contribution in [3.8, 4) is 0 Å². The zero-order valence-corrected chi connectivity index (χ0v) is 20.6. The molecule has 6 nitrogen and oxygen atoms in total. The fourth-order valence-electron chi connectivity index (χ4n) is 4.64. The molecule has 2 aromatic rings. The van der Waals surface area contributed by atoms with Crippen LogP contribution in [-0.4, -0.2) is 65.9 Å². The number of alkyl halides is 3. The summed E-state index contributed by atoms with van der Waals surface area (Å²) in [7, 11) is 0. The Morgan fingerprint density at radius 1 is 0.972 bits per heavy atom. The van der Waals surface area contributed by atoms with E-state index >= 15 is 0 Å². The van der Waals surface area contributed by atoms with Gasteiger partial charge >= 0.3 is 12.1 Å². The molecule has 0 aliphatic carbocycles. The van der Waals surface area contributed by atoms with Crippen LogP contribution in [0.3, 0.4) is 0 Å². The number of halogens is 3. The summed E-state index contributed by atoms with van der Waals surface area (Å²) in [5.74, 6) is -2.85. The Kier molecular flexibility index (Phi) is 9.12. The summed E-state index contributed by atoms with van der Waals surface area (Å²) in [6, 6.07) is 14.8. The summed E-state index contributed by atoms with van der Waals surface area (Å²) in [4.78, 5) is 40.6. The SMILES string of the molecule is CCCN(CCC)C(=O)c1cccc(C(=O)N[C@H]2CN(C(=O)C(F)(F)F)CC[C@@H]2c2ccccc2)c1. The molecule has 36 heavy (non-hydrogen) atoms. The zero-order chi connectivity index (χ0) is 26.3. The van der Waals surface area contributed by atoms with Crippen LogP contribution in [0.1, 0.15) is 65.3 Å². The first-order valence-corrected chi connectivity index (χ1v) is 12.3. The highest BCUT2D eigenvalue weighted by Gasteiger charge is 2.45. The minimum Gasteiger partial charge on any atom is -0.347 e. The normalized spacial score (nSPS) is 18.0. The fourth-order valence-corrected chi connectivity index (χ4v) is 4.64. The van der Waals surface area contributed by atoms with Gasteiger partial charge in [-0.15, -0.1) is 0 Å². The van der Waals surface area contributed by atoms with E-state index in [1.54, 1.807) is 23.1 Å². The molecule has 0 saturated carbocycles. The standard InChI is InChI=1S/C27H32F3N3O3/c1-3-14-32(15-4-2)25(35)21-12-8-11-20(17-21)24(34)31-23-18-33(26(36)27(28,29)30)16-13-22(23)19-9-6-5-7-10-19/h5-12,17,22-23H,3-4,13-16,18H2,1-2H3,(H,31,34)/t22-,23+/m1/s1. The van der Waals surface area contributed by atoms with Crippen LogP contribution < -0.4 is 5.32 Å². The molecule has 194 valence electrons. The Balaban J connectivity index is 1.83. The number of hydrogen-bond acceptors (Lipinski definition) is 3. The first kappa shape index (κ1) is 27.2. The van der Waals surface area contributed by atoms with Crippen LogP contribution in [0.15, 0.2) is 54.6 Å². The van der Waals surface area contributed by atoms with Gasteiger partial charge in [-0.2, -0.15) is 13.2 Å². The molecule has 1 N–H and O–H groups in total. The highest BCUT2D eigenvalue weighted by atomic mass is 19.4. The number of rotatable bonds is 8. The average Bonchev–Trinajstić information content (AvgIpc) is 2.87. The number of benzene rings is 2. The summed E-state index contributed by atoms with van der Waals surface area (Å²) in [6.45, 7) is 4.86. The van der Waals surface area contributed by atoms with Crippen LogP contribution in [0.2, 0.25) is 0 Å². The zero-order valence-electron chi connectivity index (χ0n) is 20.6. The van der Waals surface area contributed by atoms with E-state index in [1.165, 1.54) is 6.07 Å². The van der Waals surface area contributed by atoms with Crippen LogP contribution >= 0.6 is 0 Å². The summed E-state index contributed by atoms with van der Waals surface area (Å²) in [6.07, 6.45) is -3.09. The average molecular weight is 504 g/mol. The first-order chi connectivity index (χ1) is 17.2. The third-order valence-corrected chi connectivity index (χ3v) is 6.33. The monoisotopic (exact) mass is 503 g/mol. The van der Waals surface area contributed by atoms with Gasteiger partial charge < -0.3 is 15.1 Å². The van der Waals surface area contributed by atoms with Crippen LogP contribution in [0.4, 0.5) is 13.2 Å². The number of carbonyl (C=O) groups is 3. The molecule has 1 aliphatic rings. The molecular weight excluding hydrogens is 471 g/mol.